The van der Waals surface area contributed by atoms with Crippen molar-refractivity contribution in [2.24, 2.45) is 5.92 Å². The highest BCUT2D eigenvalue weighted by Gasteiger charge is 2.38. The van der Waals surface area contributed by atoms with Gasteiger partial charge in [-0.2, -0.15) is 0 Å². The number of H-pyrrole nitrogens is 2. The highest BCUT2D eigenvalue weighted by atomic mass is 16.5. The van der Waals surface area contributed by atoms with Crippen LogP contribution in [0.25, 0.3) is 22.3 Å². The molecule has 2 saturated heterocycles. The second-order valence-electron chi connectivity index (χ2n) is 14.4. The first-order chi connectivity index (χ1) is 27.6. The zero-order valence-electron chi connectivity index (χ0n) is 32.2. The summed E-state index contributed by atoms with van der Waals surface area (Å²) in [4.78, 5) is 75.8. The van der Waals surface area contributed by atoms with Gasteiger partial charge in [0.05, 0.1) is 49.2 Å². The number of benzene rings is 2. The Morgan fingerprint density at radius 1 is 0.789 bits per heavy atom. The number of imidazole rings is 2. The van der Waals surface area contributed by atoms with Crippen LogP contribution in [0.2, 0.25) is 0 Å². The number of rotatable bonds is 9. The minimum atomic E-state index is -0.895. The molecule has 7 rings (SSSR count). The van der Waals surface area contributed by atoms with Crippen molar-refractivity contribution in [3.05, 3.63) is 102 Å². The first-order valence-electron chi connectivity index (χ1n) is 19.0. The largest absolute Gasteiger partial charge is 0.453 e. The van der Waals surface area contributed by atoms with E-state index in [0.717, 1.165) is 48.0 Å². The number of carbonyl (C=O) groups excluding carboxylic acids is 4. The third-order valence-electron chi connectivity index (χ3n) is 10.4. The van der Waals surface area contributed by atoms with Gasteiger partial charge in [0.25, 0.3) is 5.91 Å². The fourth-order valence-corrected chi connectivity index (χ4v) is 7.48. The molecule has 4 amide bonds. The Morgan fingerprint density at radius 3 is 2.18 bits per heavy atom. The number of amides is 4. The van der Waals surface area contributed by atoms with Gasteiger partial charge in [-0.15, -0.1) is 0 Å². The van der Waals surface area contributed by atoms with Crippen LogP contribution >= 0.6 is 0 Å². The predicted octanol–water partition coefficient (Wildman–Crippen LogP) is 5.55. The molecule has 5 aromatic rings. The molecular formula is C42H45N9O6. The molecular weight excluding hydrogens is 727 g/mol. The number of fused-ring (bicyclic) bond motifs is 1. The summed E-state index contributed by atoms with van der Waals surface area (Å²) in [7, 11) is 2.55. The summed E-state index contributed by atoms with van der Waals surface area (Å²) in [5, 5.41) is 5.37. The number of methoxy groups -OCH3 is 2. The van der Waals surface area contributed by atoms with E-state index >= 15 is 0 Å². The van der Waals surface area contributed by atoms with Crippen LogP contribution < -0.4 is 10.6 Å². The van der Waals surface area contributed by atoms with Crippen molar-refractivity contribution in [3.8, 4) is 23.1 Å². The Labute approximate surface area is 330 Å². The van der Waals surface area contributed by atoms with Crippen molar-refractivity contribution < 1.29 is 28.7 Å². The first-order valence-corrected chi connectivity index (χ1v) is 19.0. The Bertz CT molecular complexity index is 2310. The van der Waals surface area contributed by atoms with E-state index in [-0.39, 0.29) is 29.8 Å². The quantitative estimate of drug-likeness (QED) is 0.139. The molecule has 5 heterocycles. The molecule has 0 aliphatic carbocycles. The summed E-state index contributed by atoms with van der Waals surface area (Å²) in [5.74, 6) is 7.08. The van der Waals surface area contributed by atoms with Crippen molar-refractivity contribution in [3.63, 3.8) is 0 Å². The average Bonchev–Trinajstić information content (AvgIpc) is 4.07. The molecule has 15 nitrogen and oxygen atoms in total. The van der Waals surface area contributed by atoms with Crippen LogP contribution in [0.5, 0.6) is 0 Å². The summed E-state index contributed by atoms with van der Waals surface area (Å²) in [6.45, 7) is 4.87. The topological polar surface area (TPSA) is 188 Å². The number of aromatic amines is 2. The Kier molecular flexibility index (Phi) is 11.5. The van der Waals surface area contributed by atoms with Crippen LogP contribution in [0.15, 0.2) is 73.1 Å². The zero-order chi connectivity index (χ0) is 40.1. The van der Waals surface area contributed by atoms with E-state index < -0.39 is 24.3 Å². The number of hydrogen-bond acceptors (Lipinski definition) is 9. The number of aromatic nitrogens is 5. The SMILES string of the molecule is COC(=O)N[C@H](C(=O)N1CCC[C@H]1c1ncc(C#Cc2ccc(-c3ccc4nc([C@@H]5CCCN5C(=O)[C@H](NC(=O)OC)c5ccccc5)[nH]c4c3)nc2)[nH]1)C(C)C. The van der Waals surface area contributed by atoms with E-state index in [4.69, 9.17) is 14.5 Å². The van der Waals surface area contributed by atoms with Crippen molar-refractivity contribution >= 4 is 35.0 Å². The molecule has 2 aromatic carbocycles. The summed E-state index contributed by atoms with van der Waals surface area (Å²) < 4.78 is 9.56. The molecule has 15 heteroatoms. The number of likely N-dealkylation sites (tertiary alicyclic amines) is 2. The van der Waals surface area contributed by atoms with E-state index in [9.17, 15) is 19.2 Å². The molecule has 0 spiro atoms. The van der Waals surface area contributed by atoms with Crippen LogP contribution in [0.4, 0.5) is 9.59 Å². The lowest BCUT2D eigenvalue weighted by Crippen LogP contribution is -2.51. The van der Waals surface area contributed by atoms with Crippen LogP contribution in [0, 0.1) is 17.8 Å². The fraction of sp³-hybridized carbons (Fsp3) is 0.357. The summed E-state index contributed by atoms with van der Waals surface area (Å²) in [5.41, 5.74) is 5.22. The van der Waals surface area contributed by atoms with Crippen molar-refractivity contribution in [1.82, 2.24) is 45.4 Å². The monoisotopic (exact) mass is 771 g/mol. The summed E-state index contributed by atoms with van der Waals surface area (Å²) in [6, 6.07) is 16.7. The number of alkyl carbamates (subject to hydrolysis) is 2. The van der Waals surface area contributed by atoms with E-state index in [0.29, 0.717) is 41.6 Å². The zero-order valence-corrected chi connectivity index (χ0v) is 32.2. The van der Waals surface area contributed by atoms with E-state index in [2.05, 4.69) is 42.4 Å². The molecule has 2 aliphatic heterocycles. The third-order valence-corrected chi connectivity index (χ3v) is 10.4. The van der Waals surface area contributed by atoms with Gasteiger partial charge in [0.1, 0.15) is 29.4 Å². The van der Waals surface area contributed by atoms with Gasteiger partial charge < -0.3 is 39.9 Å². The van der Waals surface area contributed by atoms with Crippen LogP contribution in [-0.2, 0) is 19.1 Å². The molecule has 2 aliphatic rings. The number of hydrogen-bond donors (Lipinski definition) is 4. The molecule has 4 atom stereocenters. The lowest BCUT2D eigenvalue weighted by atomic mass is 10.0. The molecule has 2 fully saturated rings. The molecule has 0 saturated carbocycles. The number of nitrogens with zero attached hydrogens (tertiary/aromatic N) is 5. The number of nitrogens with one attached hydrogen (secondary N) is 4. The maximum atomic E-state index is 13.9. The van der Waals surface area contributed by atoms with Gasteiger partial charge in [0.15, 0.2) is 0 Å². The van der Waals surface area contributed by atoms with E-state index in [1.807, 2.05) is 74.5 Å². The van der Waals surface area contributed by atoms with Crippen LogP contribution in [-0.4, -0.2) is 92.1 Å². The Morgan fingerprint density at radius 2 is 1.49 bits per heavy atom. The van der Waals surface area contributed by atoms with Crippen molar-refractivity contribution in [1.29, 1.82) is 0 Å². The maximum absolute atomic E-state index is 13.9. The van der Waals surface area contributed by atoms with Gasteiger partial charge in [-0.3, -0.25) is 14.6 Å². The van der Waals surface area contributed by atoms with Gasteiger partial charge in [-0.05, 0) is 67.4 Å². The van der Waals surface area contributed by atoms with Gasteiger partial charge >= 0.3 is 12.2 Å². The molecule has 0 radical (unpaired) electrons. The first kappa shape index (κ1) is 38.6. The second-order valence-corrected chi connectivity index (χ2v) is 14.4. The highest BCUT2D eigenvalue weighted by Crippen LogP contribution is 2.35. The van der Waals surface area contributed by atoms with E-state index in [1.165, 1.54) is 14.2 Å². The third kappa shape index (κ3) is 8.45. The van der Waals surface area contributed by atoms with Gasteiger partial charge in [0.2, 0.25) is 5.91 Å². The fourth-order valence-electron chi connectivity index (χ4n) is 7.48. The van der Waals surface area contributed by atoms with Gasteiger partial charge in [-0.25, -0.2) is 19.6 Å². The number of pyridine rings is 1. The minimum absolute atomic E-state index is 0.122. The van der Waals surface area contributed by atoms with Crippen LogP contribution in [0.3, 0.4) is 0 Å². The molecule has 0 unspecified atom stereocenters. The molecule has 0 bridgehead atoms. The summed E-state index contributed by atoms with van der Waals surface area (Å²) >= 11 is 0. The maximum Gasteiger partial charge on any atom is 0.407 e. The molecule has 57 heavy (non-hydrogen) atoms. The number of ether oxygens (including phenoxy) is 2. The van der Waals surface area contributed by atoms with Gasteiger partial charge in [0, 0.05) is 30.4 Å². The second kappa shape index (κ2) is 17.0. The van der Waals surface area contributed by atoms with Crippen molar-refractivity contribution in [2.75, 3.05) is 27.3 Å². The highest BCUT2D eigenvalue weighted by molar-refractivity contribution is 5.88. The number of carbonyl (C=O) groups is 4. The normalized spacial score (nSPS) is 17.5. The predicted molar refractivity (Wildman–Crippen MR) is 210 cm³/mol. The minimum Gasteiger partial charge on any atom is -0.453 e. The van der Waals surface area contributed by atoms with Crippen molar-refractivity contribution in [2.45, 2.75) is 63.7 Å². The summed E-state index contributed by atoms with van der Waals surface area (Å²) in [6.07, 6.45) is 5.15. The van der Waals surface area contributed by atoms with E-state index in [1.54, 1.807) is 22.2 Å². The van der Waals surface area contributed by atoms with Gasteiger partial charge in [-0.1, -0.05) is 56.2 Å². The lowest BCUT2D eigenvalue weighted by Gasteiger charge is -2.29. The molecule has 3 aromatic heterocycles. The molecule has 294 valence electrons. The Hall–Kier alpha value is -6.69. The Balaban J connectivity index is 1.02. The molecule has 4 N–H and O–H groups in total. The smallest absolute Gasteiger partial charge is 0.407 e. The average molecular weight is 772 g/mol. The van der Waals surface area contributed by atoms with Crippen LogP contribution in [0.1, 0.15) is 86.1 Å². The standard InChI is InChI=1S/C42H45N9O6/c1-25(2)35(48-41(54)56-3)39(52)50-20-8-12-33(50)37-44-24-29(45-37)17-14-26-15-18-30(43-23-26)28-16-19-31-32(22-28)47-38(46-31)34-13-9-21-51(34)40(53)36(49-42(55)57-4)27-10-6-5-7-11-27/h5-7,10-11,15-16,18-19,22-25,33-36H,8-9,12-13,20-21H2,1-4H3,(H,44,45)(H,46,47)(H,48,54)(H,49,55)/t33-,34-,35-,36+/m0/s1. The lowest BCUT2D eigenvalue weighted by molar-refractivity contribution is -0.135.